The Hall–Kier alpha value is -3.82. The second-order valence-corrected chi connectivity index (χ2v) is 10.1. The van der Waals surface area contributed by atoms with E-state index in [9.17, 15) is 27.5 Å². The number of sulfonamides is 1. The SMILES string of the molecule is Cc1cc(C)c(C(O)=C2C(=O)C(=O)N(c3ccc(S(N)(=O)=O)cc3)[C@H]2c2ccc(F)cc2)c(C)c1. The van der Waals surface area contributed by atoms with Crippen molar-refractivity contribution in [3.05, 3.63) is 99.9 Å². The van der Waals surface area contributed by atoms with E-state index < -0.39 is 33.6 Å². The van der Waals surface area contributed by atoms with Crippen molar-refractivity contribution >= 4 is 33.2 Å². The first-order valence-electron chi connectivity index (χ1n) is 10.7. The Bertz CT molecular complexity index is 1470. The first-order valence-corrected chi connectivity index (χ1v) is 12.2. The van der Waals surface area contributed by atoms with E-state index in [1.807, 2.05) is 19.1 Å². The third-order valence-corrected chi connectivity index (χ3v) is 6.92. The Morgan fingerprint density at radius 2 is 1.49 bits per heavy atom. The number of aryl methyl sites for hydroxylation is 3. The van der Waals surface area contributed by atoms with Gasteiger partial charge in [0.15, 0.2) is 0 Å². The van der Waals surface area contributed by atoms with Gasteiger partial charge in [-0.3, -0.25) is 14.5 Å². The summed E-state index contributed by atoms with van der Waals surface area (Å²) in [5.41, 5.74) is 3.32. The van der Waals surface area contributed by atoms with Crippen LogP contribution in [0.3, 0.4) is 0 Å². The molecule has 0 bridgehead atoms. The monoisotopic (exact) mass is 494 g/mol. The van der Waals surface area contributed by atoms with Crippen molar-refractivity contribution in [3.8, 4) is 0 Å². The maximum Gasteiger partial charge on any atom is 0.300 e. The number of aliphatic hydroxyl groups is 1. The summed E-state index contributed by atoms with van der Waals surface area (Å²) in [6.45, 7) is 5.50. The van der Waals surface area contributed by atoms with Gasteiger partial charge >= 0.3 is 0 Å². The van der Waals surface area contributed by atoms with Crippen LogP contribution in [0.1, 0.15) is 33.9 Å². The number of nitrogens with two attached hydrogens (primary N) is 1. The zero-order chi connectivity index (χ0) is 25.7. The summed E-state index contributed by atoms with van der Waals surface area (Å²) < 4.78 is 37.0. The normalized spacial score (nSPS) is 17.7. The number of hydrogen-bond donors (Lipinski definition) is 2. The molecule has 1 fully saturated rings. The fraction of sp³-hybridized carbons (Fsp3) is 0.154. The third kappa shape index (κ3) is 4.36. The Morgan fingerprint density at radius 3 is 2.00 bits per heavy atom. The molecule has 3 N–H and O–H groups in total. The van der Waals surface area contributed by atoms with Crippen molar-refractivity contribution in [1.29, 1.82) is 0 Å². The highest BCUT2D eigenvalue weighted by atomic mass is 32.2. The molecular weight excluding hydrogens is 471 g/mol. The molecular formula is C26H23FN2O5S. The highest BCUT2D eigenvalue weighted by Crippen LogP contribution is 2.43. The Balaban J connectivity index is 1.97. The fourth-order valence-electron chi connectivity index (χ4n) is 4.54. The fourth-order valence-corrected chi connectivity index (χ4v) is 5.06. The summed E-state index contributed by atoms with van der Waals surface area (Å²) in [5.74, 6) is -2.66. The molecule has 9 heteroatoms. The van der Waals surface area contributed by atoms with Crippen LogP contribution in [0.25, 0.3) is 5.76 Å². The van der Waals surface area contributed by atoms with Gasteiger partial charge in [-0.15, -0.1) is 0 Å². The highest BCUT2D eigenvalue weighted by molar-refractivity contribution is 7.89. The minimum atomic E-state index is -3.97. The first-order chi connectivity index (χ1) is 16.4. The smallest absolute Gasteiger partial charge is 0.300 e. The number of carbonyl (C=O) groups excluding carboxylic acids is 2. The predicted molar refractivity (Wildman–Crippen MR) is 130 cm³/mol. The van der Waals surface area contributed by atoms with Crippen LogP contribution in [0, 0.1) is 26.6 Å². The van der Waals surface area contributed by atoms with E-state index in [1.54, 1.807) is 13.8 Å². The molecule has 35 heavy (non-hydrogen) atoms. The molecule has 0 spiro atoms. The van der Waals surface area contributed by atoms with Gasteiger partial charge in [0.05, 0.1) is 16.5 Å². The number of halogens is 1. The summed E-state index contributed by atoms with van der Waals surface area (Å²) in [4.78, 5) is 27.5. The molecule has 4 rings (SSSR count). The molecule has 180 valence electrons. The summed E-state index contributed by atoms with van der Waals surface area (Å²) in [6, 6.07) is 13.0. The van der Waals surface area contributed by atoms with Crippen molar-refractivity contribution < 1.29 is 27.5 Å². The quantitative estimate of drug-likeness (QED) is 0.323. The molecule has 1 amide bonds. The molecule has 1 heterocycles. The van der Waals surface area contributed by atoms with Crippen LogP contribution in [-0.2, 0) is 19.6 Å². The number of rotatable bonds is 4. The van der Waals surface area contributed by atoms with E-state index in [4.69, 9.17) is 5.14 Å². The lowest BCUT2D eigenvalue weighted by molar-refractivity contribution is -0.132. The van der Waals surface area contributed by atoms with Crippen LogP contribution < -0.4 is 10.0 Å². The number of anilines is 1. The second-order valence-electron chi connectivity index (χ2n) is 8.53. The summed E-state index contributed by atoms with van der Waals surface area (Å²) in [6.07, 6.45) is 0. The van der Waals surface area contributed by atoms with Crippen LogP contribution >= 0.6 is 0 Å². The van der Waals surface area contributed by atoms with Crippen LogP contribution in [-0.4, -0.2) is 25.2 Å². The number of hydrogen-bond acceptors (Lipinski definition) is 5. The number of amides is 1. The molecule has 1 atom stereocenters. The van der Waals surface area contributed by atoms with Crippen LogP contribution in [0.2, 0.25) is 0 Å². The summed E-state index contributed by atoms with van der Waals surface area (Å²) in [5, 5.41) is 16.5. The average Bonchev–Trinajstić information content (AvgIpc) is 3.03. The van der Waals surface area contributed by atoms with Crippen molar-refractivity contribution in [1.82, 2.24) is 0 Å². The van der Waals surface area contributed by atoms with Gasteiger partial charge in [0.2, 0.25) is 10.0 Å². The van der Waals surface area contributed by atoms with Gasteiger partial charge in [0.25, 0.3) is 11.7 Å². The summed E-state index contributed by atoms with van der Waals surface area (Å²) in [7, 11) is -3.97. The number of Topliss-reactive ketones (excluding diaryl/α,β-unsaturated/α-hetero) is 1. The molecule has 0 radical (unpaired) electrons. The Labute approximate surface area is 202 Å². The number of nitrogens with zero attached hydrogens (tertiary/aromatic N) is 1. The van der Waals surface area contributed by atoms with Gasteiger partial charge in [0.1, 0.15) is 11.6 Å². The number of primary sulfonamides is 1. The van der Waals surface area contributed by atoms with Crippen molar-refractivity contribution in [3.63, 3.8) is 0 Å². The molecule has 0 aliphatic carbocycles. The van der Waals surface area contributed by atoms with E-state index in [2.05, 4.69) is 0 Å². The standard InChI is InChI=1S/C26H23FN2O5S/c1-14-12-15(2)21(16(3)13-14)24(30)22-23(17-4-6-18(27)7-5-17)29(26(32)25(22)31)19-8-10-20(11-9-19)35(28,33)34/h4-13,23,30H,1-3H3,(H2,28,33,34)/t23-/m0/s1. The Morgan fingerprint density at radius 1 is 0.943 bits per heavy atom. The van der Waals surface area contributed by atoms with Crippen LogP contribution in [0.15, 0.2) is 71.1 Å². The van der Waals surface area contributed by atoms with E-state index in [-0.39, 0.29) is 21.9 Å². The highest BCUT2D eigenvalue weighted by Gasteiger charge is 2.47. The molecule has 0 aromatic heterocycles. The van der Waals surface area contributed by atoms with Crippen molar-refractivity contribution in [2.75, 3.05) is 4.90 Å². The lowest BCUT2D eigenvalue weighted by Gasteiger charge is -2.26. The van der Waals surface area contributed by atoms with E-state index in [1.165, 1.54) is 48.5 Å². The first kappa shape index (κ1) is 24.3. The predicted octanol–water partition coefficient (Wildman–Crippen LogP) is 4.02. The molecule has 1 aliphatic heterocycles. The maximum atomic E-state index is 13.7. The zero-order valence-electron chi connectivity index (χ0n) is 19.2. The molecule has 7 nitrogen and oxygen atoms in total. The number of carbonyl (C=O) groups is 2. The molecule has 1 saturated heterocycles. The lowest BCUT2D eigenvalue weighted by Crippen LogP contribution is -2.29. The third-order valence-electron chi connectivity index (χ3n) is 5.99. The Kier molecular flexibility index (Phi) is 6.08. The van der Waals surface area contributed by atoms with Gasteiger partial charge in [-0.1, -0.05) is 29.8 Å². The molecule has 3 aromatic rings. The maximum absolute atomic E-state index is 13.7. The van der Waals surface area contributed by atoms with Gasteiger partial charge in [-0.25, -0.2) is 17.9 Å². The van der Waals surface area contributed by atoms with Gasteiger partial charge in [-0.05, 0) is 73.9 Å². The molecule has 0 unspecified atom stereocenters. The van der Waals surface area contributed by atoms with E-state index in [0.717, 1.165) is 21.6 Å². The minimum Gasteiger partial charge on any atom is -0.507 e. The molecule has 0 saturated carbocycles. The number of benzene rings is 3. The minimum absolute atomic E-state index is 0.146. The average molecular weight is 495 g/mol. The van der Waals surface area contributed by atoms with Crippen molar-refractivity contribution in [2.45, 2.75) is 31.7 Å². The second kappa shape index (κ2) is 8.75. The zero-order valence-corrected chi connectivity index (χ0v) is 20.1. The van der Waals surface area contributed by atoms with Crippen LogP contribution in [0.4, 0.5) is 10.1 Å². The largest absolute Gasteiger partial charge is 0.507 e. The van der Waals surface area contributed by atoms with Gasteiger partial charge < -0.3 is 5.11 Å². The lowest BCUT2D eigenvalue weighted by atomic mass is 9.91. The van der Waals surface area contributed by atoms with E-state index >= 15 is 0 Å². The van der Waals surface area contributed by atoms with Crippen LogP contribution in [0.5, 0.6) is 0 Å². The number of aliphatic hydroxyl groups excluding tert-OH is 1. The van der Waals surface area contributed by atoms with E-state index in [0.29, 0.717) is 11.1 Å². The van der Waals surface area contributed by atoms with Crippen molar-refractivity contribution in [2.24, 2.45) is 5.14 Å². The summed E-state index contributed by atoms with van der Waals surface area (Å²) >= 11 is 0. The van der Waals surface area contributed by atoms with Gasteiger partial charge in [0, 0.05) is 11.3 Å². The molecule has 1 aliphatic rings. The van der Waals surface area contributed by atoms with Gasteiger partial charge in [-0.2, -0.15) is 0 Å². The number of ketones is 1. The molecule has 3 aromatic carbocycles. The topological polar surface area (TPSA) is 118 Å².